The predicted molar refractivity (Wildman–Crippen MR) is 161 cm³/mol. The van der Waals surface area contributed by atoms with Crippen molar-refractivity contribution in [1.82, 2.24) is 30.3 Å². The second-order valence-electron chi connectivity index (χ2n) is 11.1. The number of morpholine rings is 1. The number of hydrogen-bond donors (Lipinski definition) is 3. The Kier molecular flexibility index (Phi) is 8.88. The van der Waals surface area contributed by atoms with Crippen LogP contribution in [0.15, 0.2) is 85.2 Å². The van der Waals surface area contributed by atoms with Gasteiger partial charge >= 0.3 is 0 Å². The lowest BCUT2D eigenvalue weighted by molar-refractivity contribution is -0.130. The summed E-state index contributed by atoms with van der Waals surface area (Å²) in [5.41, 5.74) is 4.06. The van der Waals surface area contributed by atoms with E-state index in [1.54, 1.807) is 29.2 Å². The van der Waals surface area contributed by atoms with Gasteiger partial charge in [0.25, 0.3) is 11.8 Å². The van der Waals surface area contributed by atoms with Gasteiger partial charge in [-0.1, -0.05) is 54.6 Å². The van der Waals surface area contributed by atoms with E-state index in [9.17, 15) is 14.7 Å². The van der Waals surface area contributed by atoms with Crippen LogP contribution in [0.4, 0.5) is 0 Å². The van der Waals surface area contributed by atoms with Gasteiger partial charge in [-0.2, -0.15) is 5.10 Å². The van der Waals surface area contributed by atoms with Crippen LogP contribution in [-0.2, 0) is 22.5 Å². The van der Waals surface area contributed by atoms with Crippen LogP contribution in [0.5, 0.6) is 0 Å². The highest BCUT2D eigenvalue weighted by atomic mass is 16.5. The van der Waals surface area contributed by atoms with Gasteiger partial charge in [0, 0.05) is 43.6 Å². The van der Waals surface area contributed by atoms with E-state index in [0.717, 1.165) is 62.5 Å². The molecule has 6 rings (SSSR count). The molecule has 222 valence electrons. The lowest BCUT2D eigenvalue weighted by Gasteiger charge is -2.27. The summed E-state index contributed by atoms with van der Waals surface area (Å²) in [6, 6.07) is 22.3. The van der Waals surface area contributed by atoms with Crippen molar-refractivity contribution in [1.29, 1.82) is 0 Å². The van der Waals surface area contributed by atoms with Crippen LogP contribution in [0.25, 0.3) is 17.1 Å². The Morgan fingerprint density at radius 1 is 0.953 bits per heavy atom. The van der Waals surface area contributed by atoms with Gasteiger partial charge in [-0.05, 0) is 48.6 Å². The number of pyridine rings is 1. The lowest BCUT2D eigenvalue weighted by Crippen LogP contribution is -2.52. The third-order valence-electron chi connectivity index (χ3n) is 7.79. The van der Waals surface area contributed by atoms with E-state index in [1.807, 2.05) is 48.5 Å². The first-order valence-electron chi connectivity index (χ1n) is 14.8. The van der Waals surface area contributed by atoms with Crippen molar-refractivity contribution in [3.8, 4) is 17.1 Å². The molecule has 1 aliphatic heterocycles. The van der Waals surface area contributed by atoms with Crippen molar-refractivity contribution >= 4 is 11.8 Å². The number of carbonyl (C=O) groups is 2. The van der Waals surface area contributed by atoms with E-state index in [-0.39, 0.29) is 18.0 Å². The normalized spacial score (nSPS) is 16.8. The first-order chi connectivity index (χ1) is 21.0. The van der Waals surface area contributed by atoms with Gasteiger partial charge in [0.15, 0.2) is 11.9 Å². The van der Waals surface area contributed by atoms with Crippen LogP contribution in [0, 0.1) is 0 Å². The van der Waals surface area contributed by atoms with Crippen molar-refractivity contribution in [3.05, 3.63) is 102 Å². The average Bonchev–Trinajstić information content (AvgIpc) is 3.73. The second-order valence-corrected chi connectivity index (χ2v) is 11.1. The van der Waals surface area contributed by atoms with E-state index < -0.39 is 24.0 Å². The van der Waals surface area contributed by atoms with Crippen LogP contribution < -0.4 is 10.6 Å². The zero-order chi connectivity index (χ0) is 29.6. The Morgan fingerprint density at radius 3 is 2.44 bits per heavy atom. The van der Waals surface area contributed by atoms with E-state index in [4.69, 9.17) is 4.74 Å². The third-order valence-corrected chi connectivity index (χ3v) is 7.79. The summed E-state index contributed by atoms with van der Waals surface area (Å²) < 4.78 is 7.01. The fraction of sp³-hybridized carbons (Fsp3) is 0.333. The molecule has 10 heteroatoms. The number of nitrogens with zero attached hydrogens (tertiary/aromatic N) is 4. The fourth-order valence-corrected chi connectivity index (χ4v) is 5.20. The predicted octanol–water partition coefficient (Wildman–Crippen LogP) is 2.75. The number of carbonyl (C=O) groups excluding carboxylic acids is 2. The Balaban J connectivity index is 1.20. The highest BCUT2D eigenvalue weighted by Gasteiger charge is 2.33. The molecule has 2 aromatic heterocycles. The Bertz CT molecular complexity index is 1530. The summed E-state index contributed by atoms with van der Waals surface area (Å²) in [5.74, 6) is -0.583. The van der Waals surface area contributed by atoms with Gasteiger partial charge in [-0.25, -0.2) is 9.67 Å². The number of amides is 2. The molecule has 2 aromatic carbocycles. The number of nitrogens with one attached hydrogen (secondary N) is 2. The molecule has 0 bridgehead atoms. The monoisotopic (exact) mass is 580 g/mol. The molecule has 2 amide bonds. The molecule has 1 saturated heterocycles. The topological polar surface area (TPSA) is 122 Å². The van der Waals surface area contributed by atoms with Gasteiger partial charge in [-0.3, -0.25) is 14.5 Å². The largest absolute Gasteiger partial charge is 0.381 e. The summed E-state index contributed by atoms with van der Waals surface area (Å²) in [7, 11) is 0. The molecule has 1 saturated carbocycles. The molecule has 2 fully saturated rings. The molecule has 43 heavy (non-hydrogen) atoms. The maximum absolute atomic E-state index is 13.7. The minimum atomic E-state index is -1.42. The molecule has 2 unspecified atom stereocenters. The molecular formula is C33H36N6O4. The fourth-order valence-electron chi connectivity index (χ4n) is 5.20. The molecule has 3 heterocycles. The van der Waals surface area contributed by atoms with Gasteiger partial charge in [-0.15, -0.1) is 0 Å². The van der Waals surface area contributed by atoms with Crippen LogP contribution in [0.1, 0.15) is 34.3 Å². The first-order valence-corrected chi connectivity index (χ1v) is 14.8. The maximum Gasteiger partial charge on any atom is 0.255 e. The van der Waals surface area contributed by atoms with Crippen LogP contribution >= 0.6 is 0 Å². The van der Waals surface area contributed by atoms with Crippen molar-refractivity contribution in [2.24, 2.45) is 0 Å². The summed E-state index contributed by atoms with van der Waals surface area (Å²) >= 11 is 0. The minimum Gasteiger partial charge on any atom is -0.381 e. The van der Waals surface area contributed by atoms with Gasteiger partial charge in [0.05, 0.1) is 30.5 Å². The maximum atomic E-state index is 13.7. The highest BCUT2D eigenvalue weighted by molar-refractivity contribution is 5.97. The summed E-state index contributed by atoms with van der Waals surface area (Å²) in [6.07, 6.45) is 4.01. The molecule has 10 nitrogen and oxygen atoms in total. The molecule has 2 atom stereocenters. The number of aliphatic hydroxyl groups is 1. The Labute approximate surface area is 250 Å². The third kappa shape index (κ3) is 7.34. The van der Waals surface area contributed by atoms with Gasteiger partial charge in [0.2, 0.25) is 0 Å². The van der Waals surface area contributed by atoms with Crippen molar-refractivity contribution < 1.29 is 19.4 Å². The van der Waals surface area contributed by atoms with Gasteiger partial charge < -0.3 is 20.5 Å². The number of hydrogen-bond acceptors (Lipinski definition) is 7. The molecule has 3 N–H and O–H groups in total. The molecular weight excluding hydrogens is 544 g/mol. The smallest absolute Gasteiger partial charge is 0.255 e. The number of aromatic nitrogens is 3. The number of aliphatic hydroxyl groups excluding tert-OH is 1. The Morgan fingerprint density at radius 2 is 1.70 bits per heavy atom. The lowest BCUT2D eigenvalue weighted by atomic mass is 9.99. The molecule has 4 aromatic rings. The molecule has 0 radical (unpaired) electrons. The number of rotatable bonds is 11. The summed E-state index contributed by atoms with van der Waals surface area (Å²) in [6.45, 7) is 4.13. The first kappa shape index (κ1) is 28.7. The minimum absolute atomic E-state index is 0.0847. The van der Waals surface area contributed by atoms with Crippen LogP contribution in [-0.4, -0.2) is 81.1 Å². The zero-order valence-electron chi connectivity index (χ0n) is 23.9. The zero-order valence-corrected chi connectivity index (χ0v) is 23.9. The second kappa shape index (κ2) is 13.3. The highest BCUT2D eigenvalue weighted by Crippen LogP contribution is 2.21. The van der Waals surface area contributed by atoms with Crippen molar-refractivity contribution in [2.45, 2.75) is 44.0 Å². The van der Waals surface area contributed by atoms with Crippen LogP contribution in [0.3, 0.4) is 0 Å². The molecule has 0 spiro atoms. The molecule has 2 aliphatic rings. The van der Waals surface area contributed by atoms with E-state index in [0.29, 0.717) is 5.82 Å². The van der Waals surface area contributed by atoms with Crippen molar-refractivity contribution in [3.63, 3.8) is 0 Å². The van der Waals surface area contributed by atoms with Crippen molar-refractivity contribution in [2.75, 3.05) is 26.3 Å². The van der Waals surface area contributed by atoms with Crippen LogP contribution in [0.2, 0.25) is 0 Å². The summed E-state index contributed by atoms with van der Waals surface area (Å²) in [4.78, 5) is 33.4. The standard InChI is InChI=1S/C33H36N6O4/c40-30(33(42)35-26-12-13-26)29(21-23-8-10-24(11-9-23)22-38-17-19-43-20-18-38)36-32(41)27-7-4-15-34-31(27)39-16-14-28(37-39)25-5-2-1-3-6-25/h1-11,14-16,26,29-30,40H,12-13,17-22H2,(H,35,42)(H,36,41). The molecule has 1 aliphatic carbocycles. The van der Waals surface area contributed by atoms with E-state index >= 15 is 0 Å². The SMILES string of the molecule is O=C(NC(Cc1ccc(CN2CCOCC2)cc1)C(O)C(=O)NC1CC1)c1cccnc1-n1ccc(-c2ccccc2)n1. The number of benzene rings is 2. The average molecular weight is 581 g/mol. The van der Waals surface area contributed by atoms with E-state index in [2.05, 4.69) is 37.7 Å². The quantitative estimate of drug-likeness (QED) is 0.249. The Hall–Kier alpha value is -4.38. The number of ether oxygens (including phenoxy) is 1. The summed E-state index contributed by atoms with van der Waals surface area (Å²) in [5, 5.41) is 21.6. The van der Waals surface area contributed by atoms with Gasteiger partial charge in [0.1, 0.15) is 0 Å². The van der Waals surface area contributed by atoms with E-state index in [1.165, 1.54) is 5.56 Å².